The highest BCUT2D eigenvalue weighted by Crippen LogP contribution is 2.28. The number of carbonyl (C=O) groups excluding carboxylic acids is 1. The van der Waals surface area contributed by atoms with Crippen LogP contribution >= 0.6 is 0 Å². The van der Waals surface area contributed by atoms with Gasteiger partial charge in [-0.2, -0.15) is 0 Å². The summed E-state index contributed by atoms with van der Waals surface area (Å²) in [5, 5.41) is 2.59. The first kappa shape index (κ1) is 15.6. The van der Waals surface area contributed by atoms with Crippen molar-refractivity contribution in [3.63, 3.8) is 0 Å². The van der Waals surface area contributed by atoms with E-state index >= 15 is 0 Å². The lowest BCUT2D eigenvalue weighted by Gasteiger charge is -2.36. The van der Waals surface area contributed by atoms with Gasteiger partial charge in [-0.1, -0.05) is 0 Å². The second-order valence-electron chi connectivity index (χ2n) is 5.77. The monoisotopic (exact) mass is 270 g/mol. The molecule has 1 aromatic rings. The molecule has 0 aliphatic rings. The summed E-state index contributed by atoms with van der Waals surface area (Å²) >= 11 is 0. The summed E-state index contributed by atoms with van der Waals surface area (Å²) in [5.74, 6) is -1.39. The Bertz CT molecular complexity index is 479. The van der Waals surface area contributed by atoms with Crippen LogP contribution in [-0.4, -0.2) is 11.4 Å². The molecule has 0 atom stereocenters. The van der Waals surface area contributed by atoms with Crippen LogP contribution in [0.2, 0.25) is 0 Å². The number of amides is 1. The third kappa shape index (κ3) is 3.50. The number of nitrogens with two attached hydrogens (primary N) is 1. The van der Waals surface area contributed by atoms with E-state index in [4.69, 9.17) is 5.73 Å². The summed E-state index contributed by atoms with van der Waals surface area (Å²) in [4.78, 5) is 12.1. The Morgan fingerprint density at radius 2 is 1.84 bits per heavy atom. The maximum absolute atomic E-state index is 13.4. The van der Waals surface area contributed by atoms with Gasteiger partial charge in [-0.15, -0.1) is 0 Å². The summed E-state index contributed by atoms with van der Waals surface area (Å²) in [7, 11) is 0. The molecule has 19 heavy (non-hydrogen) atoms. The lowest BCUT2D eigenvalue weighted by Crippen LogP contribution is -2.55. The SMILES string of the molecule is CC(C)(N)C(C)(C)C(=O)NCc1cc(F)ccc1F. The number of hydrogen-bond donors (Lipinski definition) is 2. The van der Waals surface area contributed by atoms with E-state index in [1.165, 1.54) is 0 Å². The maximum atomic E-state index is 13.4. The number of halogens is 2. The van der Waals surface area contributed by atoms with Crippen LogP contribution in [0.1, 0.15) is 33.3 Å². The third-order valence-corrected chi connectivity index (χ3v) is 3.63. The molecule has 0 aromatic heterocycles. The van der Waals surface area contributed by atoms with Crippen molar-refractivity contribution in [2.45, 2.75) is 39.8 Å². The van der Waals surface area contributed by atoms with E-state index in [0.717, 1.165) is 18.2 Å². The van der Waals surface area contributed by atoms with Gasteiger partial charge in [0.1, 0.15) is 11.6 Å². The van der Waals surface area contributed by atoms with Crippen molar-refractivity contribution in [3.8, 4) is 0 Å². The van der Waals surface area contributed by atoms with Crippen molar-refractivity contribution in [2.75, 3.05) is 0 Å². The Balaban J connectivity index is 2.77. The Morgan fingerprint density at radius 3 is 2.37 bits per heavy atom. The first-order valence-electron chi connectivity index (χ1n) is 6.07. The minimum absolute atomic E-state index is 0.0675. The fourth-order valence-corrected chi connectivity index (χ4v) is 1.37. The number of nitrogens with one attached hydrogen (secondary N) is 1. The molecule has 1 amide bonds. The molecule has 0 saturated carbocycles. The van der Waals surface area contributed by atoms with Crippen molar-refractivity contribution < 1.29 is 13.6 Å². The van der Waals surface area contributed by atoms with Gasteiger partial charge in [0, 0.05) is 17.6 Å². The van der Waals surface area contributed by atoms with E-state index < -0.39 is 22.6 Å². The van der Waals surface area contributed by atoms with Gasteiger partial charge in [-0.25, -0.2) is 8.78 Å². The van der Waals surface area contributed by atoms with Crippen molar-refractivity contribution in [3.05, 3.63) is 35.4 Å². The van der Waals surface area contributed by atoms with Crippen LogP contribution < -0.4 is 11.1 Å². The zero-order valence-corrected chi connectivity index (χ0v) is 11.7. The largest absolute Gasteiger partial charge is 0.351 e. The molecule has 0 spiro atoms. The molecule has 3 nitrogen and oxygen atoms in total. The second kappa shape index (κ2) is 5.25. The smallest absolute Gasteiger partial charge is 0.227 e. The standard InChI is InChI=1S/C14H20F2N2O/c1-13(2,14(3,4)17)12(19)18-8-9-7-10(15)5-6-11(9)16/h5-7H,8,17H2,1-4H3,(H,18,19). The molecule has 0 bridgehead atoms. The minimum atomic E-state index is -0.823. The molecule has 0 radical (unpaired) electrons. The Morgan fingerprint density at radius 1 is 1.26 bits per heavy atom. The molecule has 0 heterocycles. The molecule has 0 saturated heterocycles. The normalized spacial score (nSPS) is 12.4. The third-order valence-electron chi connectivity index (χ3n) is 3.63. The van der Waals surface area contributed by atoms with Gasteiger partial charge in [0.25, 0.3) is 0 Å². The molecule has 1 rings (SSSR count). The summed E-state index contributed by atoms with van der Waals surface area (Å²) in [6.45, 7) is 6.85. The lowest BCUT2D eigenvalue weighted by molar-refractivity contribution is -0.132. The van der Waals surface area contributed by atoms with E-state index in [1.807, 2.05) is 0 Å². The molecule has 106 valence electrons. The number of rotatable bonds is 4. The van der Waals surface area contributed by atoms with Crippen LogP contribution in [-0.2, 0) is 11.3 Å². The highest BCUT2D eigenvalue weighted by atomic mass is 19.1. The fraction of sp³-hybridized carbons (Fsp3) is 0.500. The molecular formula is C14H20F2N2O. The van der Waals surface area contributed by atoms with Gasteiger partial charge in [-0.3, -0.25) is 4.79 Å². The topological polar surface area (TPSA) is 55.1 Å². The number of carbonyl (C=O) groups is 1. The van der Waals surface area contributed by atoms with Gasteiger partial charge in [0.15, 0.2) is 0 Å². The first-order chi connectivity index (χ1) is 8.55. The van der Waals surface area contributed by atoms with Crippen LogP contribution in [0.5, 0.6) is 0 Å². The van der Waals surface area contributed by atoms with E-state index in [0.29, 0.717) is 0 Å². The zero-order valence-electron chi connectivity index (χ0n) is 11.7. The van der Waals surface area contributed by atoms with Gasteiger partial charge >= 0.3 is 0 Å². The van der Waals surface area contributed by atoms with Crippen LogP contribution in [0.25, 0.3) is 0 Å². The predicted octanol–water partition coefficient (Wildman–Crippen LogP) is 2.34. The van der Waals surface area contributed by atoms with Gasteiger partial charge < -0.3 is 11.1 Å². The van der Waals surface area contributed by atoms with Crippen LogP contribution in [0.4, 0.5) is 8.78 Å². The lowest BCUT2D eigenvalue weighted by atomic mass is 9.74. The minimum Gasteiger partial charge on any atom is -0.351 e. The molecule has 3 N–H and O–H groups in total. The highest BCUT2D eigenvalue weighted by molar-refractivity contribution is 5.83. The molecule has 0 aliphatic heterocycles. The zero-order chi connectivity index (χ0) is 14.8. The van der Waals surface area contributed by atoms with Crippen LogP contribution in [0.15, 0.2) is 18.2 Å². The maximum Gasteiger partial charge on any atom is 0.227 e. The Kier molecular flexibility index (Phi) is 4.30. The van der Waals surface area contributed by atoms with Gasteiger partial charge in [0.05, 0.1) is 5.41 Å². The van der Waals surface area contributed by atoms with Gasteiger partial charge in [0.2, 0.25) is 5.91 Å². The summed E-state index contributed by atoms with van der Waals surface area (Å²) in [5.41, 5.74) is 4.51. The molecular weight excluding hydrogens is 250 g/mol. The summed E-state index contributed by atoms with van der Waals surface area (Å²) in [6.07, 6.45) is 0. The molecule has 1 aromatic carbocycles. The second-order valence-corrected chi connectivity index (χ2v) is 5.77. The quantitative estimate of drug-likeness (QED) is 0.882. The van der Waals surface area contributed by atoms with Gasteiger partial charge in [-0.05, 0) is 45.9 Å². The Labute approximate surface area is 112 Å². The van der Waals surface area contributed by atoms with Crippen molar-refractivity contribution in [1.82, 2.24) is 5.32 Å². The molecule has 0 unspecified atom stereocenters. The van der Waals surface area contributed by atoms with Crippen molar-refractivity contribution in [2.24, 2.45) is 11.1 Å². The molecule has 0 fully saturated rings. The fourth-order valence-electron chi connectivity index (χ4n) is 1.37. The highest BCUT2D eigenvalue weighted by Gasteiger charge is 2.40. The van der Waals surface area contributed by atoms with E-state index in [1.54, 1.807) is 27.7 Å². The van der Waals surface area contributed by atoms with Crippen molar-refractivity contribution in [1.29, 1.82) is 0 Å². The average molecular weight is 270 g/mol. The average Bonchev–Trinajstić information content (AvgIpc) is 2.28. The summed E-state index contributed by atoms with van der Waals surface area (Å²) < 4.78 is 26.4. The first-order valence-corrected chi connectivity index (χ1v) is 6.07. The number of benzene rings is 1. The van der Waals surface area contributed by atoms with Crippen molar-refractivity contribution >= 4 is 5.91 Å². The van der Waals surface area contributed by atoms with E-state index in [-0.39, 0.29) is 18.0 Å². The predicted molar refractivity (Wildman–Crippen MR) is 70.3 cm³/mol. The molecule has 0 aliphatic carbocycles. The van der Waals surface area contributed by atoms with Crippen LogP contribution in [0, 0.1) is 17.0 Å². The molecule has 5 heteroatoms. The van der Waals surface area contributed by atoms with E-state index in [9.17, 15) is 13.6 Å². The number of hydrogen-bond acceptors (Lipinski definition) is 2. The van der Waals surface area contributed by atoms with Crippen LogP contribution in [0.3, 0.4) is 0 Å². The Hall–Kier alpha value is -1.49. The summed E-state index contributed by atoms with van der Waals surface area (Å²) in [6, 6.07) is 3.14. The van der Waals surface area contributed by atoms with E-state index in [2.05, 4.69) is 5.32 Å².